The van der Waals surface area contributed by atoms with Gasteiger partial charge in [-0.1, -0.05) is 0 Å². The van der Waals surface area contributed by atoms with Crippen molar-refractivity contribution in [3.63, 3.8) is 0 Å². The number of piperidine rings is 1. The summed E-state index contributed by atoms with van der Waals surface area (Å²) < 4.78 is 43.7. The number of aryl methyl sites for hydroxylation is 1. The molecule has 4 atom stereocenters. The molecule has 3 aliphatic carbocycles. The average Bonchev–Trinajstić information content (AvgIpc) is 3.65. The van der Waals surface area contributed by atoms with E-state index in [9.17, 15) is 13.2 Å². The Morgan fingerprint density at radius 3 is 2.57 bits per heavy atom. The summed E-state index contributed by atoms with van der Waals surface area (Å²) in [5.41, 5.74) is 3.96. The highest BCUT2D eigenvalue weighted by molar-refractivity contribution is 7.91. The fourth-order valence-electron chi connectivity index (χ4n) is 8.74. The maximum absolute atomic E-state index is 15.7. The van der Waals surface area contributed by atoms with Crippen LogP contribution in [0.1, 0.15) is 54.4 Å². The third-order valence-electron chi connectivity index (χ3n) is 11.4. The van der Waals surface area contributed by atoms with Crippen LogP contribution in [0.15, 0.2) is 30.5 Å². The van der Waals surface area contributed by atoms with Crippen molar-refractivity contribution in [1.29, 1.82) is 0 Å². The Hall–Kier alpha value is -3.47. The topological polar surface area (TPSA) is 92.8 Å². The second-order valence-corrected chi connectivity index (χ2v) is 16.4. The highest BCUT2D eigenvalue weighted by Gasteiger charge is 2.61. The first kappa shape index (κ1) is 26.9. The van der Waals surface area contributed by atoms with Gasteiger partial charge in [-0.25, -0.2) is 22.3 Å². The van der Waals surface area contributed by atoms with E-state index in [0.29, 0.717) is 66.5 Å². The van der Waals surface area contributed by atoms with Gasteiger partial charge in [-0.15, -0.1) is 0 Å². The molecule has 11 heteroatoms. The van der Waals surface area contributed by atoms with E-state index in [1.165, 1.54) is 31.6 Å². The van der Waals surface area contributed by atoms with Crippen LogP contribution >= 0.6 is 0 Å². The molecular weight excluding hydrogens is 579 g/mol. The Bertz CT molecular complexity index is 1970. The van der Waals surface area contributed by atoms with E-state index in [0.717, 1.165) is 53.5 Å². The minimum Gasteiger partial charge on any atom is -0.356 e. The lowest BCUT2D eigenvalue weighted by atomic mass is 9.53. The fraction of sp³-hybridized carbons (Fsp3) is 0.545. The molecule has 230 valence electrons. The Balaban J connectivity index is 1.08. The number of carbonyl (C=O) groups is 1. The molecule has 5 fully saturated rings. The van der Waals surface area contributed by atoms with Crippen molar-refractivity contribution in [1.82, 2.24) is 24.1 Å². The van der Waals surface area contributed by atoms with Crippen LogP contribution in [0, 0.1) is 36.4 Å². The number of likely N-dealkylation sites (tertiary alicyclic amines) is 1. The Kier molecular flexibility index (Phi) is 5.67. The first-order chi connectivity index (χ1) is 21.1. The van der Waals surface area contributed by atoms with Crippen LogP contribution in [-0.4, -0.2) is 75.6 Å². The molecule has 0 radical (unpaired) electrons. The normalized spacial score (nSPS) is 26.7. The van der Waals surface area contributed by atoms with Crippen molar-refractivity contribution in [2.24, 2.45) is 23.7 Å². The number of aromatic nitrogens is 4. The summed E-state index contributed by atoms with van der Waals surface area (Å²) in [6.07, 6.45) is 8.89. The summed E-state index contributed by atoms with van der Waals surface area (Å²) in [4.78, 5) is 22.8. The van der Waals surface area contributed by atoms with Gasteiger partial charge >= 0.3 is 0 Å². The summed E-state index contributed by atoms with van der Waals surface area (Å²) in [7, 11) is -3.05. The SMILES string of the molecule is Cc1c(-c2cc3ccc(N4CCC(S(C)(=O)=O)CC4)nc3n2CC2CC2)nn2cc(C(=O)N3CC4CC5CC3[C@H]54)cc(F)c12. The lowest BCUT2D eigenvalue weighted by Crippen LogP contribution is -2.53. The summed E-state index contributed by atoms with van der Waals surface area (Å²) >= 11 is 0. The van der Waals surface area contributed by atoms with Crippen LogP contribution in [0.2, 0.25) is 0 Å². The molecule has 2 saturated heterocycles. The number of rotatable bonds is 6. The van der Waals surface area contributed by atoms with Crippen LogP contribution in [0.3, 0.4) is 0 Å². The van der Waals surface area contributed by atoms with Crippen LogP contribution in [-0.2, 0) is 16.4 Å². The Morgan fingerprint density at radius 2 is 1.86 bits per heavy atom. The Morgan fingerprint density at radius 1 is 1.07 bits per heavy atom. The van der Waals surface area contributed by atoms with E-state index in [4.69, 9.17) is 10.1 Å². The molecule has 0 bridgehead atoms. The third kappa shape index (κ3) is 4.00. The molecule has 4 aromatic rings. The molecule has 3 saturated carbocycles. The monoisotopic (exact) mass is 616 g/mol. The molecule has 6 heterocycles. The second kappa shape index (κ2) is 9.28. The highest BCUT2D eigenvalue weighted by Crippen LogP contribution is 2.60. The summed E-state index contributed by atoms with van der Waals surface area (Å²) in [5.74, 6) is 2.98. The van der Waals surface area contributed by atoms with Crippen LogP contribution in [0.25, 0.3) is 27.9 Å². The van der Waals surface area contributed by atoms with Gasteiger partial charge in [0.15, 0.2) is 0 Å². The number of anilines is 1. The molecule has 0 N–H and O–H groups in total. The van der Waals surface area contributed by atoms with E-state index < -0.39 is 15.7 Å². The molecule has 9 rings (SSSR count). The quantitative estimate of drug-likeness (QED) is 0.312. The first-order valence-electron chi connectivity index (χ1n) is 16.1. The van der Waals surface area contributed by atoms with Crippen molar-refractivity contribution >= 4 is 38.1 Å². The molecule has 4 aromatic heterocycles. The van der Waals surface area contributed by atoms with Gasteiger partial charge in [-0.2, -0.15) is 5.10 Å². The third-order valence-corrected chi connectivity index (χ3v) is 13.1. The lowest BCUT2D eigenvalue weighted by Gasteiger charge is -2.52. The predicted molar refractivity (Wildman–Crippen MR) is 166 cm³/mol. The van der Waals surface area contributed by atoms with Gasteiger partial charge in [0, 0.05) is 55.6 Å². The van der Waals surface area contributed by atoms with Gasteiger partial charge in [0.25, 0.3) is 5.91 Å². The van der Waals surface area contributed by atoms with Gasteiger partial charge in [-0.3, -0.25) is 4.79 Å². The van der Waals surface area contributed by atoms with Crippen molar-refractivity contribution in [2.45, 2.75) is 63.3 Å². The summed E-state index contributed by atoms with van der Waals surface area (Å²) in [5, 5.41) is 5.60. The lowest BCUT2D eigenvalue weighted by molar-refractivity contribution is -0.0204. The number of nitrogens with zero attached hydrogens (tertiary/aromatic N) is 6. The molecule has 3 unspecified atom stereocenters. The van der Waals surface area contributed by atoms with Gasteiger partial charge in [0.1, 0.15) is 38.3 Å². The number of hydrogen-bond donors (Lipinski definition) is 0. The first-order valence-corrected chi connectivity index (χ1v) is 18.0. The van der Waals surface area contributed by atoms with Crippen molar-refractivity contribution in [3.05, 3.63) is 47.4 Å². The highest BCUT2D eigenvalue weighted by atomic mass is 32.2. The van der Waals surface area contributed by atoms with Crippen LogP contribution in [0.4, 0.5) is 10.2 Å². The average molecular weight is 617 g/mol. The van der Waals surface area contributed by atoms with Crippen molar-refractivity contribution < 1.29 is 17.6 Å². The number of carbonyl (C=O) groups excluding carboxylic acids is 1. The molecule has 44 heavy (non-hydrogen) atoms. The van der Waals surface area contributed by atoms with Gasteiger partial charge in [-0.05, 0) is 93.4 Å². The number of hydrogen-bond acceptors (Lipinski definition) is 6. The van der Waals surface area contributed by atoms with E-state index in [-0.39, 0.29) is 11.2 Å². The van der Waals surface area contributed by atoms with Crippen LogP contribution in [0.5, 0.6) is 0 Å². The number of fused-ring (bicyclic) bond motifs is 2. The fourth-order valence-corrected chi connectivity index (χ4v) is 9.81. The number of halogens is 1. The van der Waals surface area contributed by atoms with Gasteiger partial charge in [0.2, 0.25) is 0 Å². The zero-order chi connectivity index (χ0) is 30.1. The smallest absolute Gasteiger partial charge is 0.255 e. The summed E-state index contributed by atoms with van der Waals surface area (Å²) in [6.45, 7) is 4.81. The molecular formula is C33H37FN6O3S. The van der Waals surface area contributed by atoms with Crippen molar-refractivity contribution in [3.8, 4) is 11.4 Å². The van der Waals surface area contributed by atoms with Gasteiger partial charge in [0.05, 0.1) is 16.5 Å². The largest absolute Gasteiger partial charge is 0.356 e. The second-order valence-electron chi connectivity index (χ2n) is 14.1. The number of pyridine rings is 2. The molecule has 0 aromatic carbocycles. The van der Waals surface area contributed by atoms with Crippen molar-refractivity contribution in [2.75, 3.05) is 30.8 Å². The maximum atomic E-state index is 15.7. The van der Waals surface area contributed by atoms with E-state index >= 15 is 4.39 Å². The zero-order valence-electron chi connectivity index (χ0n) is 25.1. The molecule has 9 nitrogen and oxygen atoms in total. The van der Waals surface area contributed by atoms with Gasteiger partial charge < -0.3 is 14.4 Å². The van der Waals surface area contributed by atoms with Crippen LogP contribution < -0.4 is 4.90 Å². The molecule has 1 amide bonds. The summed E-state index contributed by atoms with van der Waals surface area (Å²) in [6, 6.07) is 7.89. The number of amides is 1. The van der Waals surface area contributed by atoms with E-state index in [1.807, 2.05) is 17.9 Å². The minimum absolute atomic E-state index is 0.0847. The maximum Gasteiger partial charge on any atom is 0.255 e. The standard InChI is InChI=1S/C33H37FN6O3S/c1-18-30(36-40-17-23(12-25(34)31(18)40)33(41)39-16-22-11-21-14-26(39)29(21)22)27-13-20-5-6-28(35-32(20)38(27)15-19-3-4-19)37-9-7-24(8-10-37)44(2,42)43/h5-6,12-13,17,19,21-22,24,26,29H,3-4,7-11,14-16H2,1-2H3/t21?,22?,26?,29-/m1/s1. The minimum atomic E-state index is -3.05. The predicted octanol–water partition coefficient (Wildman–Crippen LogP) is 4.70. The molecule has 5 aliphatic rings. The van der Waals surface area contributed by atoms with E-state index in [1.54, 1.807) is 10.7 Å². The number of sulfone groups is 1. The molecule has 0 spiro atoms. The zero-order valence-corrected chi connectivity index (χ0v) is 25.9. The molecule has 2 aliphatic heterocycles. The Labute approximate surface area is 255 Å². The van der Waals surface area contributed by atoms with E-state index in [2.05, 4.69) is 21.6 Å².